The number of likely N-dealkylation sites (tertiary alicyclic amines) is 1. The number of hydrogen-bond acceptors (Lipinski definition) is 14. The molecule has 1 spiro atoms. The number of para-hydroxylation sites is 1. The van der Waals surface area contributed by atoms with Crippen LogP contribution < -0.4 is 31.9 Å². The highest BCUT2D eigenvalue weighted by atomic mass is 32.2. The summed E-state index contributed by atoms with van der Waals surface area (Å²) in [6.45, 7) is 16.7. The molecule has 1 aromatic carbocycles. The van der Waals surface area contributed by atoms with Crippen molar-refractivity contribution < 1.29 is 62.0 Å². The monoisotopic (exact) mass is 1110 g/mol. The number of alkyl carbamates (subject to hydrolysis) is 1. The smallest absolute Gasteiger partial charge is 0.407 e. The van der Waals surface area contributed by atoms with Gasteiger partial charge < -0.3 is 65.5 Å². The van der Waals surface area contributed by atoms with Crippen LogP contribution in [0.15, 0.2) is 42.1 Å². The maximum Gasteiger partial charge on any atom is 0.407 e. The van der Waals surface area contributed by atoms with E-state index < -0.39 is 108 Å². The largest absolute Gasteiger partial charge is 0.462 e. The van der Waals surface area contributed by atoms with Crippen LogP contribution >= 0.6 is 11.8 Å². The zero-order chi connectivity index (χ0) is 57.1. The first-order chi connectivity index (χ1) is 37.1. The number of H-pyrrole nitrogens is 1. The first kappa shape index (κ1) is 61.5. The van der Waals surface area contributed by atoms with Crippen molar-refractivity contribution in [2.24, 2.45) is 17.8 Å². The second-order valence-corrected chi connectivity index (χ2v) is 23.1. The van der Waals surface area contributed by atoms with Crippen molar-refractivity contribution in [2.45, 2.75) is 179 Å². The van der Waals surface area contributed by atoms with Gasteiger partial charge in [-0.2, -0.15) is 11.8 Å². The number of rotatable bonds is 27. The Balaban J connectivity index is 1.06. The predicted octanol–water partition coefficient (Wildman–Crippen LogP) is 3.97. The van der Waals surface area contributed by atoms with Crippen LogP contribution in [0.1, 0.15) is 113 Å². The van der Waals surface area contributed by atoms with E-state index in [-0.39, 0.29) is 49.2 Å². The van der Waals surface area contributed by atoms with Gasteiger partial charge in [0.25, 0.3) is 0 Å². The van der Waals surface area contributed by atoms with Gasteiger partial charge in [0, 0.05) is 44.1 Å². The van der Waals surface area contributed by atoms with Crippen molar-refractivity contribution in [3.63, 3.8) is 0 Å². The number of benzene rings is 1. The SMILES string of the molecule is CC[C@H](C)[C@H](NC(=O)[C@@H]1CCCN1C(C)=O)C(=O)NCC(=O)N[C@@H](CCSC)C(=O)N[C@@H](Cc1c[nH]c2ccccc12)C(=O)N[C@@H](C)C(=O)OC[C@H](NC(=O)O[C@@H]1CC[C@]2(CO2)[C@@H]([C@]2(C)O[C@@H]2CC=C(C)C)[C@@H]1OC)C(C)C. The molecule has 1 aromatic heterocycles. The predicted molar refractivity (Wildman–Crippen MR) is 294 cm³/mol. The highest BCUT2D eigenvalue weighted by Gasteiger charge is 2.72. The Hall–Kier alpha value is -5.71. The summed E-state index contributed by atoms with van der Waals surface area (Å²) < 4.78 is 30.2. The van der Waals surface area contributed by atoms with Crippen molar-refractivity contribution in [1.29, 1.82) is 0 Å². The number of methoxy groups -OCH3 is 1. The summed E-state index contributed by atoms with van der Waals surface area (Å²) in [4.78, 5) is 113. The van der Waals surface area contributed by atoms with Gasteiger partial charge in [0.2, 0.25) is 35.4 Å². The number of aromatic nitrogens is 1. The Kier molecular flexibility index (Phi) is 21.6. The fourth-order valence-electron chi connectivity index (χ4n) is 10.9. The van der Waals surface area contributed by atoms with E-state index in [1.165, 1.54) is 36.1 Å². The Morgan fingerprint density at radius 2 is 1.65 bits per heavy atom. The quantitative estimate of drug-likeness (QED) is 0.0379. The summed E-state index contributed by atoms with van der Waals surface area (Å²) in [5.41, 5.74) is 1.80. The molecule has 3 saturated heterocycles. The van der Waals surface area contributed by atoms with Crippen molar-refractivity contribution in [1.82, 2.24) is 41.8 Å². The molecule has 7 N–H and O–H groups in total. The minimum Gasteiger partial charge on any atom is -0.462 e. The normalized spacial score (nSPS) is 25.6. The number of esters is 1. The third kappa shape index (κ3) is 15.6. The molecule has 1 aliphatic carbocycles. The lowest BCUT2D eigenvalue weighted by molar-refractivity contribution is -0.148. The molecule has 4 aliphatic rings. The lowest BCUT2D eigenvalue weighted by atomic mass is 9.68. The van der Waals surface area contributed by atoms with Crippen LogP contribution in [0.2, 0.25) is 0 Å². The molecule has 1 saturated carbocycles. The van der Waals surface area contributed by atoms with Gasteiger partial charge in [-0.3, -0.25) is 28.8 Å². The van der Waals surface area contributed by atoms with Gasteiger partial charge in [-0.1, -0.05) is 64.0 Å². The Bertz CT molecular complexity index is 2500. The van der Waals surface area contributed by atoms with Crippen LogP contribution in [0, 0.1) is 17.8 Å². The van der Waals surface area contributed by atoms with E-state index in [9.17, 15) is 38.4 Å². The van der Waals surface area contributed by atoms with Crippen LogP contribution in [0.4, 0.5) is 4.79 Å². The van der Waals surface area contributed by atoms with Gasteiger partial charge in [-0.15, -0.1) is 0 Å². The molecule has 0 unspecified atom stereocenters. The summed E-state index contributed by atoms with van der Waals surface area (Å²) >= 11 is 1.44. The van der Waals surface area contributed by atoms with Gasteiger partial charge in [0.15, 0.2) is 0 Å². The maximum absolute atomic E-state index is 14.3. The molecule has 0 radical (unpaired) electrons. The van der Waals surface area contributed by atoms with Gasteiger partial charge in [-0.25, -0.2) is 9.59 Å². The van der Waals surface area contributed by atoms with Gasteiger partial charge in [0.05, 0.1) is 31.2 Å². The number of nitrogens with one attached hydrogen (secondary N) is 7. The van der Waals surface area contributed by atoms with Crippen LogP contribution in [0.3, 0.4) is 0 Å². The highest BCUT2D eigenvalue weighted by molar-refractivity contribution is 7.98. The lowest BCUT2D eigenvalue weighted by Crippen LogP contribution is -2.58. The van der Waals surface area contributed by atoms with E-state index in [4.69, 9.17) is 23.7 Å². The Labute approximate surface area is 462 Å². The fourth-order valence-corrected chi connectivity index (χ4v) is 11.3. The number of aromatic amines is 1. The van der Waals surface area contributed by atoms with E-state index in [1.807, 2.05) is 65.1 Å². The fraction of sp³-hybridized carbons (Fsp3) is 0.679. The molecule has 2 aromatic rings. The van der Waals surface area contributed by atoms with E-state index in [1.54, 1.807) is 20.2 Å². The summed E-state index contributed by atoms with van der Waals surface area (Å²) in [7, 11) is 1.60. The number of nitrogens with zero attached hydrogens (tertiary/aromatic N) is 1. The third-order valence-electron chi connectivity index (χ3n) is 15.9. The summed E-state index contributed by atoms with van der Waals surface area (Å²) in [6, 6.07) is 1.53. The summed E-state index contributed by atoms with van der Waals surface area (Å²) in [6.07, 6.45) is 7.75. The molecule has 21 nitrogen and oxygen atoms in total. The molecule has 4 fully saturated rings. The molecule has 3 aliphatic heterocycles. The Morgan fingerprint density at radius 3 is 2.31 bits per heavy atom. The molecule has 4 heterocycles. The number of epoxide rings is 2. The minimum atomic E-state index is -1.24. The molecule has 13 atom stereocenters. The molecule has 22 heteroatoms. The third-order valence-corrected chi connectivity index (χ3v) is 16.5. The Morgan fingerprint density at radius 1 is 0.936 bits per heavy atom. The number of fused-ring (bicyclic) bond motifs is 1. The van der Waals surface area contributed by atoms with Gasteiger partial charge in [0.1, 0.15) is 60.2 Å². The topological polar surface area (TPSA) is 281 Å². The summed E-state index contributed by atoms with van der Waals surface area (Å²) in [5, 5.41) is 17.3. The van der Waals surface area contributed by atoms with Crippen molar-refractivity contribution in [2.75, 3.05) is 45.4 Å². The van der Waals surface area contributed by atoms with Crippen molar-refractivity contribution in [3.8, 4) is 0 Å². The number of carbonyl (C=O) groups excluding carboxylic acids is 8. The number of carbonyl (C=O) groups is 8. The number of hydrogen-bond donors (Lipinski definition) is 7. The van der Waals surface area contributed by atoms with Crippen LogP contribution in [0.5, 0.6) is 0 Å². The number of ether oxygens (including phenoxy) is 5. The second kappa shape index (κ2) is 27.4. The molecule has 0 bridgehead atoms. The number of allylic oxidation sites excluding steroid dienone is 1. The molecule has 432 valence electrons. The van der Waals surface area contributed by atoms with Gasteiger partial charge in [-0.05, 0) is 102 Å². The molecule has 78 heavy (non-hydrogen) atoms. The average Bonchev–Trinajstić information content (AvgIpc) is 4.30. The number of amides is 7. The first-order valence-electron chi connectivity index (χ1n) is 27.5. The van der Waals surface area contributed by atoms with E-state index in [0.717, 1.165) is 17.3 Å². The average molecular weight is 1110 g/mol. The zero-order valence-corrected chi connectivity index (χ0v) is 48.1. The van der Waals surface area contributed by atoms with Crippen molar-refractivity contribution >= 4 is 70.2 Å². The molecule has 6 rings (SSSR count). The summed E-state index contributed by atoms with van der Waals surface area (Å²) in [5.74, 6) is -4.33. The first-order valence-corrected chi connectivity index (χ1v) is 28.9. The van der Waals surface area contributed by atoms with Crippen LogP contribution in [-0.2, 0) is 63.7 Å². The van der Waals surface area contributed by atoms with Crippen LogP contribution in [0.25, 0.3) is 10.9 Å². The highest BCUT2D eigenvalue weighted by Crippen LogP contribution is 2.59. The standard InChI is InChI=1S/C56H84N8O13S/c1-12-33(6)46(63-51(69)42-18-15-24-64(42)35(8)65)52(70)58-28-45(66)60-39(22-25-78-11)49(67)61-40(26-36-27-57-38-17-14-13-16-37(36)38)50(68)59-34(7)53(71)74-29-41(32(4)5)62-54(72)76-43-21-23-56(30-75-56)48(47(43)73-10)55(9)44(77-55)20-19-31(2)3/h13-14,16-17,19,27,32-34,39-44,46-48,57H,12,15,18,20-26,28-30H2,1-11H3,(H,58,70)(H,59,68)(H,60,66)(H,61,67)(H,62,72)(H,63,69)/t33-,34-,39-,40-,41-,42-,43+,44+,46-,47+,48+,55+,56-/m0/s1. The zero-order valence-electron chi connectivity index (χ0n) is 47.2. The maximum atomic E-state index is 14.3. The second-order valence-electron chi connectivity index (χ2n) is 22.2. The lowest BCUT2D eigenvalue weighted by Gasteiger charge is -2.42. The minimum absolute atomic E-state index is 0.000236. The molecular formula is C56H84N8O13S. The van der Waals surface area contributed by atoms with Crippen molar-refractivity contribution in [3.05, 3.63) is 47.7 Å². The van der Waals surface area contributed by atoms with E-state index >= 15 is 0 Å². The van der Waals surface area contributed by atoms with E-state index in [2.05, 4.69) is 49.9 Å². The molecule has 7 amide bonds. The van der Waals surface area contributed by atoms with Gasteiger partial charge >= 0.3 is 12.1 Å². The van der Waals surface area contributed by atoms with E-state index in [0.29, 0.717) is 56.6 Å². The number of thioether (sulfide) groups is 1. The van der Waals surface area contributed by atoms with Crippen LogP contribution in [-0.4, -0.2) is 169 Å². The molecular weight excluding hydrogens is 1020 g/mol.